The molecule has 1 rings (SSSR count). The molecule has 0 aliphatic rings. The average molecular weight is 299 g/mol. The molecule has 0 saturated carbocycles. The second-order valence-electron chi connectivity index (χ2n) is 4.65. The summed E-state index contributed by atoms with van der Waals surface area (Å²) in [5.41, 5.74) is 0. The third kappa shape index (κ3) is 4.48. The van der Waals surface area contributed by atoms with Crippen LogP contribution in [0.3, 0.4) is 0 Å². The van der Waals surface area contributed by atoms with E-state index in [4.69, 9.17) is 5.11 Å². The fraction of sp³-hybridized carbons (Fsp3) is 0.615. The van der Waals surface area contributed by atoms with Crippen LogP contribution >= 0.6 is 11.3 Å². The van der Waals surface area contributed by atoms with Gasteiger partial charge < -0.3 is 15.7 Å². The van der Waals surface area contributed by atoms with Gasteiger partial charge in [0.05, 0.1) is 6.04 Å². The van der Waals surface area contributed by atoms with Gasteiger partial charge in [-0.2, -0.15) is 0 Å². The van der Waals surface area contributed by atoms with Crippen molar-refractivity contribution < 1.29 is 14.7 Å². The monoisotopic (exact) mass is 299 g/mol. The van der Waals surface area contributed by atoms with Crippen LogP contribution in [0.4, 0.5) is 4.79 Å². The van der Waals surface area contributed by atoms with Crippen molar-refractivity contribution in [3.05, 3.63) is 16.6 Å². The predicted octanol–water partition coefficient (Wildman–Crippen LogP) is 2.39. The van der Waals surface area contributed by atoms with Crippen molar-refractivity contribution >= 4 is 23.3 Å². The van der Waals surface area contributed by atoms with Crippen molar-refractivity contribution in [2.45, 2.75) is 45.7 Å². The van der Waals surface area contributed by atoms with E-state index in [1.807, 2.05) is 19.2 Å². The van der Waals surface area contributed by atoms with E-state index >= 15 is 0 Å². The number of hydrogen-bond acceptors (Lipinski definition) is 4. The Labute approximate surface area is 122 Å². The number of thiazole rings is 1. The smallest absolute Gasteiger partial charge is 0.326 e. The Balaban J connectivity index is 2.63. The molecule has 0 radical (unpaired) electrons. The molecule has 2 amide bonds. The summed E-state index contributed by atoms with van der Waals surface area (Å²) >= 11 is 1.46. The van der Waals surface area contributed by atoms with E-state index in [2.05, 4.69) is 15.6 Å². The highest BCUT2D eigenvalue weighted by molar-refractivity contribution is 7.09. The Morgan fingerprint density at radius 1 is 1.35 bits per heavy atom. The minimum absolute atomic E-state index is 0.127. The lowest BCUT2D eigenvalue weighted by Crippen LogP contribution is -2.49. The number of nitrogens with one attached hydrogen (secondary N) is 2. The van der Waals surface area contributed by atoms with Crippen LogP contribution in [0.2, 0.25) is 0 Å². The quantitative estimate of drug-likeness (QED) is 0.721. The number of carbonyl (C=O) groups excluding carboxylic acids is 1. The van der Waals surface area contributed by atoms with Crippen LogP contribution in [-0.2, 0) is 4.79 Å². The van der Waals surface area contributed by atoms with Gasteiger partial charge >= 0.3 is 12.0 Å². The summed E-state index contributed by atoms with van der Waals surface area (Å²) in [5, 5.41) is 17.1. The Kier molecular flexibility index (Phi) is 6.44. The topological polar surface area (TPSA) is 91.3 Å². The first-order valence-corrected chi connectivity index (χ1v) is 7.56. The van der Waals surface area contributed by atoms with Crippen LogP contribution in [0, 0.1) is 5.92 Å². The van der Waals surface area contributed by atoms with E-state index in [0.717, 1.165) is 5.01 Å². The highest BCUT2D eigenvalue weighted by atomic mass is 32.1. The number of carboxylic acids is 1. The predicted molar refractivity (Wildman–Crippen MR) is 77.7 cm³/mol. The molecule has 6 nitrogen and oxygen atoms in total. The minimum atomic E-state index is -1.02. The molecule has 7 heteroatoms. The van der Waals surface area contributed by atoms with E-state index in [0.29, 0.717) is 12.8 Å². The fourth-order valence-electron chi connectivity index (χ4n) is 1.77. The standard InChI is InChI=1S/C13H21N3O3S/c1-4-8(3)10(12(17)18)16-13(19)15-9(5-2)11-14-6-7-20-11/h6-10H,4-5H2,1-3H3,(H,17,18)(H2,15,16,19)/t8?,9?,10-/m0/s1. The van der Waals surface area contributed by atoms with E-state index in [1.54, 1.807) is 13.1 Å². The maximum Gasteiger partial charge on any atom is 0.326 e. The number of amides is 2. The fourth-order valence-corrected chi connectivity index (χ4v) is 2.54. The molecule has 0 fully saturated rings. The molecule has 3 atom stereocenters. The number of aromatic nitrogens is 1. The van der Waals surface area contributed by atoms with Gasteiger partial charge in [0.15, 0.2) is 0 Å². The molecule has 0 bridgehead atoms. The molecule has 0 aromatic carbocycles. The first-order chi connectivity index (χ1) is 9.49. The van der Waals surface area contributed by atoms with Crippen LogP contribution in [0.25, 0.3) is 0 Å². The number of aliphatic carboxylic acids is 1. The summed E-state index contributed by atoms with van der Waals surface area (Å²) in [6.07, 6.45) is 3.06. The van der Waals surface area contributed by atoms with Crippen LogP contribution in [0.1, 0.15) is 44.7 Å². The van der Waals surface area contributed by atoms with Gasteiger partial charge in [-0.15, -0.1) is 11.3 Å². The maximum absolute atomic E-state index is 11.9. The molecule has 3 N–H and O–H groups in total. The lowest BCUT2D eigenvalue weighted by atomic mass is 9.99. The number of carboxylic acid groups (broad SMARTS) is 1. The summed E-state index contributed by atoms with van der Waals surface area (Å²) in [4.78, 5) is 27.3. The van der Waals surface area contributed by atoms with E-state index in [1.165, 1.54) is 11.3 Å². The van der Waals surface area contributed by atoms with Crippen molar-refractivity contribution in [3.8, 4) is 0 Å². The number of hydrogen-bond donors (Lipinski definition) is 3. The SMILES string of the molecule is CCC(NC(=O)N[C@H](C(=O)O)C(C)CC)c1nccs1. The molecular formula is C13H21N3O3S. The number of rotatable bonds is 7. The molecule has 20 heavy (non-hydrogen) atoms. The van der Waals surface area contributed by atoms with Gasteiger partial charge in [-0.3, -0.25) is 0 Å². The second kappa shape index (κ2) is 7.84. The summed E-state index contributed by atoms with van der Waals surface area (Å²) in [6, 6.07) is -1.55. The molecule has 0 spiro atoms. The Bertz CT molecular complexity index is 436. The minimum Gasteiger partial charge on any atom is -0.480 e. The average Bonchev–Trinajstić information content (AvgIpc) is 2.94. The first-order valence-electron chi connectivity index (χ1n) is 6.68. The third-order valence-electron chi connectivity index (χ3n) is 3.23. The molecule has 0 saturated heterocycles. The lowest BCUT2D eigenvalue weighted by Gasteiger charge is -2.22. The van der Waals surface area contributed by atoms with Gasteiger partial charge in [-0.05, 0) is 12.3 Å². The molecule has 112 valence electrons. The van der Waals surface area contributed by atoms with Gasteiger partial charge in [-0.1, -0.05) is 27.2 Å². The van der Waals surface area contributed by atoms with Gasteiger partial charge in [0.2, 0.25) is 0 Å². The third-order valence-corrected chi connectivity index (χ3v) is 4.12. The van der Waals surface area contributed by atoms with Crippen LogP contribution < -0.4 is 10.6 Å². The first kappa shape index (κ1) is 16.4. The van der Waals surface area contributed by atoms with E-state index < -0.39 is 18.0 Å². The van der Waals surface area contributed by atoms with Crippen molar-refractivity contribution in [3.63, 3.8) is 0 Å². The Morgan fingerprint density at radius 2 is 2.05 bits per heavy atom. The number of nitrogens with zero attached hydrogens (tertiary/aromatic N) is 1. The highest BCUT2D eigenvalue weighted by Gasteiger charge is 2.26. The van der Waals surface area contributed by atoms with Gasteiger partial charge in [0.25, 0.3) is 0 Å². The lowest BCUT2D eigenvalue weighted by molar-refractivity contribution is -0.140. The molecule has 1 aromatic rings. The number of carbonyl (C=O) groups is 2. The number of urea groups is 1. The molecule has 1 heterocycles. The van der Waals surface area contributed by atoms with Crippen LogP contribution in [0.5, 0.6) is 0 Å². The molecule has 0 aliphatic heterocycles. The zero-order valence-corrected chi connectivity index (χ0v) is 12.7. The maximum atomic E-state index is 11.9. The Hall–Kier alpha value is -1.63. The van der Waals surface area contributed by atoms with E-state index in [-0.39, 0.29) is 12.0 Å². The van der Waals surface area contributed by atoms with Gasteiger partial charge in [-0.25, -0.2) is 14.6 Å². The Morgan fingerprint density at radius 3 is 2.50 bits per heavy atom. The van der Waals surface area contributed by atoms with E-state index in [9.17, 15) is 9.59 Å². The van der Waals surface area contributed by atoms with Gasteiger partial charge in [0.1, 0.15) is 11.0 Å². The zero-order chi connectivity index (χ0) is 15.1. The molecule has 2 unspecified atom stereocenters. The zero-order valence-electron chi connectivity index (χ0n) is 11.9. The normalized spacial score (nSPS) is 15.2. The highest BCUT2D eigenvalue weighted by Crippen LogP contribution is 2.18. The van der Waals surface area contributed by atoms with Crippen molar-refractivity contribution in [1.82, 2.24) is 15.6 Å². The van der Waals surface area contributed by atoms with Crippen molar-refractivity contribution in [1.29, 1.82) is 0 Å². The summed E-state index contributed by atoms with van der Waals surface area (Å²) in [7, 11) is 0. The van der Waals surface area contributed by atoms with Crippen LogP contribution in [-0.4, -0.2) is 28.1 Å². The molecule has 0 aliphatic carbocycles. The van der Waals surface area contributed by atoms with Crippen molar-refractivity contribution in [2.75, 3.05) is 0 Å². The second-order valence-corrected chi connectivity index (χ2v) is 5.58. The van der Waals surface area contributed by atoms with Crippen LogP contribution in [0.15, 0.2) is 11.6 Å². The van der Waals surface area contributed by atoms with Gasteiger partial charge in [0, 0.05) is 11.6 Å². The van der Waals surface area contributed by atoms with Crippen molar-refractivity contribution in [2.24, 2.45) is 5.92 Å². The summed E-state index contributed by atoms with van der Waals surface area (Å²) < 4.78 is 0. The summed E-state index contributed by atoms with van der Waals surface area (Å²) in [5.74, 6) is -1.14. The largest absolute Gasteiger partial charge is 0.480 e. The molecular weight excluding hydrogens is 278 g/mol. The summed E-state index contributed by atoms with van der Waals surface area (Å²) in [6.45, 7) is 5.64. The molecule has 1 aromatic heterocycles.